The number of aryl methyl sites for hydroxylation is 1. The minimum atomic E-state index is -0.266. The van der Waals surface area contributed by atoms with E-state index < -0.39 is 0 Å². The van der Waals surface area contributed by atoms with E-state index in [1.165, 1.54) is 6.07 Å². The van der Waals surface area contributed by atoms with Crippen LogP contribution in [0.15, 0.2) is 18.2 Å². The summed E-state index contributed by atoms with van der Waals surface area (Å²) in [6.45, 7) is 5.36. The Bertz CT molecular complexity index is 463. The fraction of sp³-hybridized carbons (Fsp3) is 0.500. The van der Waals surface area contributed by atoms with Gasteiger partial charge in [0.05, 0.1) is 0 Å². The van der Waals surface area contributed by atoms with Crippen LogP contribution in [0.1, 0.15) is 29.3 Å². The molecule has 0 saturated carbocycles. The molecule has 98 valence electrons. The molecule has 0 spiro atoms. The van der Waals surface area contributed by atoms with Gasteiger partial charge >= 0.3 is 0 Å². The van der Waals surface area contributed by atoms with Gasteiger partial charge in [0.2, 0.25) is 0 Å². The maximum atomic E-state index is 13.2. The summed E-state index contributed by atoms with van der Waals surface area (Å²) in [5.41, 5.74) is 1.09. The van der Waals surface area contributed by atoms with Crippen LogP contribution in [0.2, 0.25) is 0 Å². The van der Waals surface area contributed by atoms with Crippen LogP contribution in [0, 0.1) is 18.7 Å². The van der Waals surface area contributed by atoms with Crippen molar-refractivity contribution in [3.63, 3.8) is 0 Å². The Kier molecular flexibility index (Phi) is 4.05. The quantitative estimate of drug-likeness (QED) is 0.728. The van der Waals surface area contributed by atoms with Crippen molar-refractivity contribution < 1.29 is 9.18 Å². The molecule has 4 heteroatoms. The molecule has 1 aromatic rings. The van der Waals surface area contributed by atoms with Crippen molar-refractivity contribution in [1.82, 2.24) is 4.90 Å². The summed E-state index contributed by atoms with van der Waals surface area (Å²) < 4.78 is 13.2. The van der Waals surface area contributed by atoms with E-state index in [2.05, 4.69) is 22.9 Å². The zero-order valence-electron chi connectivity index (χ0n) is 10.6. The van der Waals surface area contributed by atoms with Crippen LogP contribution in [-0.2, 0) is 0 Å². The molecule has 0 radical (unpaired) electrons. The fourth-order valence-corrected chi connectivity index (χ4v) is 2.78. The van der Waals surface area contributed by atoms with E-state index in [-0.39, 0.29) is 11.7 Å². The number of halogens is 2. The lowest BCUT2D eigenvalue weighted by molar-refractivity contribution is 0.0706. The van der Waals surface area contributed by atoms with Gasteiger partial charge in [-0.25, -0.2) is 4.39 Å². The predicted molar refractivity (Wildman–Crippen MR) is 73.5 cm³/mol. The van der Waals surface area contributed by atoms with Gasteiger partial charge in [-0.1, -0.05) is 22.9 Å². The summed E-state index contributed by atoms with van der Waals surface area (Å²) in [6, 6.07) is 4.55. The third-order valence-corrected chi connectivity index (χ3v) is 4.75. The number of benzene rings is 1. The molecule has 1 aromatic carbocycles. The highest BCUT2D eigenvalue weighted by molar-refractivity contribution is 9.09. The topological polar surface area (TPSA) is 20.3 Å². The second kappa shape index (κ2) is 5.39. The lowest BCUT2D eigenvalue weighted by Gasteiger charge is -2.34. The normalized spacial score (nSPS) is 24.1. The van der Waals surface area contributed by atoms with E-state index in [4.69, 9.17) is 0 Å². The van der Waals surface area contributed by atoms with Crippen molar-refractivity contribution in [3.05, 3.63) is 35.1 Å². The van der Waals surface area contributed by atoms with Gasteiger partial charge in [-0.15, -0.1) is 0 Å². The third kappa shape index (κ3) is 2.74. The van der Waals surface area contributed by atoms with Crippen molar-refractivity contribution in [2.24, 2.45) is 5.92 Å². The first kappa shape index (κ1) is 13.5. The molecule has 0 aliphatic carbocycles. The van der Waals surface area contributed by atoms with Gasteiger partial charge in [0, 0.05) is 23.5 Å². The zero-order chi connectivity index (χ0) is 13.3. The summed E-state index contributed by atoms with van der Waals surface area (Å²) in [7, 11) is 0. The average molecular weight is 314 g/mol. The van der Waals surface area contributed by atoms with E-state index in [9.17, 15) is 9.18 Å². The van der Waals surface area contributed by atoms with Crippen LogP contribution < -0.4 is 0 Å². The molecule has 2 nitrogen and oxygen atoms in total. The molecular weight excluding hydrogens is 297 g/mol. The van der Waals surface area contributed by atoms with Gasteiger partial charge in [0.1, 0.15) is 5.82 Å². The number of hydrogen-bond acceptors (Lipinski definition) is 1. The fourth-order valence-electron chi connectivity index (χ4n) is 2.17. The Hall–Kier alpha value is -0.900. The number of likely N-dealkylation sites (tertiary alicyclic amines) is 1. The van der Waals surface area contributed by atoms with E-state index in [0.29, 0.717) is 21.9 Å². The Morgan fingerprint density at radius 3 is 2.83 bits per heavy atom. The maximum Gasteiger partial charge on any atom is 0.253 e. The van der Waals surface area contributed by atoms with Gasteiger partial charge in [0.25, 0.3) is 5.91 Å². The number of piperidine rings is 1. The van der Waals surface area contributed by atoms with Gasteiger partial charge in [0.15, 0.2) is 0 Å². The second-order valence-corrected chi connectivity index (χ2v) is 6.17. The molecule has 2 rings (SSSR count). The molecule has 1 heterocycles. The highest BCUT2D eigenvalue weighted by atomic mass is 79.9. The first-order valence-electron chi connectivity index (χ1n) is 6.18. The minimum absolute atomic E-state index is 0.00514. The summed E-state index contributed by atoms with van der Waals surface area (Å²) >= 11 is 3.61. The first-order valence-corrected chi connectivity index (χ1v) is 7.10. The highest BCUT2D eigenvalue weighted by Crippen LogP contribution is 2.24. The number of alkyl halides is 1. The molecule has 1 aliphatic rings. The average Bonchev–Trinajstić information content (AvgIpc) is 2.35. The Morgan fingerprint density at radius 1 is 1.50 bits per heavy atom. The molecule has 18 heavy (non-hydrogen) atoms. The zero-order valence-corrected chi connectivity index (χ0v) is 12.2. The van der Waals surface area contributed by atoms with Crippen LogP contribution in [0.3, 0.4) is 0 Å². The third-order valence-electron chi connectivity index (χ3n) is 3.56. The Morgan fingerprint density at radius 2 is 2.22 bits per heavy atom. The monoisotopic (exact) mass is 313 g/mol. The standard InChI is InChI=1S/C14H17BrFNO/c1-9-5-6-17(8-12(9)15)14(18)11-3-4-13(16)10(2)7-11/h3-4,7,9,12H,5-6,8H2,1-2H3. The van der Waals surface area contributed by atoms with Gasteiger partial charge in [-0.05, 0) is 43.0 Å². The van der Waals surface area contributed by atoms with Crippen LogP contribution in [0.25, 0.3) is 0 Å². The summed E-state index contributed by atoms with van der Waals surface area (Å²) in [4.78, 5) is 14.5. The predicted octanol–water partition coefficient (Wildman–Crippen LogP) is 3.38. The van der Waals surface area contributed by atoms with Gasteiger partial charge in [-0.3, -0.25) is 4.79 Å². The van der Waals surface area contributed by atoms with Crippen LogP contribution in [0.5, 0.6) is 0 Å². The molecule has 0 aromatic heterocycles. The maximum absolute atomic E-state index is 13.2. The highest BCUT2D eigenvalue weighted by Gasteiger charge is 2.27. The van der Waals surface area contributed by atoms with Crippen LogP contribution >= 0.6 is 15.9 Å². The molecule has 0 bridgehead atoms. The number of hydrogen-bond donors (Lipinski definition) is 0. The molecule has 2 atom stereocenters. The smallest absolute Gasteiger partial charge is 0.253 e. The number of carbonyl (C=O) groups excluding carboxylic acids is 1. The largest absolute Gasteiger partial charge is 0.338 e. The molecule has 1 amide bonds. The SMILES string of the molecule is Cc1cc(C(=O)N2CCC(C)C(Br)C2)ccc1F. The number of amides is 1. The Labute approximate surface area is 115 Å². The summed E-state index contributed by atoms with van der Waals surface area (Å²) in [6.07, 6.45) is 1.00. The molecule has 0 N–H and O–H groups in total. The summed E-state index contributed by atoms with van der Waals surface area (Å²) in [5, 5.41) is 0. The number of carbonyl (C=O) groups is 1. The Balaban J connectivity index is 2.14. The lowest BCUT2D eigenvalue weighted by Crippen LogP contribution is -2.43. The van der Waals surface area contributed by atoms with Crippen molar-refractivity contribution in [1.29, 1.82) is 0 Å². The first-order chi connectivity index (χ1) is 8.49. The second-order valence-electron chi connectivity index (χ2n) is 5.00. The molecule has 2 unspecified atom stereocenters. The molecule has 1 aliphatic heterocycles. The number of rotatable bonds is 1. The van der Waals surface area contributed by atoms with E-state index >= 15 is 0 Å². The van der Waals surface area contributed by atoms with Crippen molar-refractivity contribution in [2.75, 3.05) is 13.1 Å². The van der Waals surface area contributed by atoms with Gasteiger partial charge in [-0.2, -0.15) is 0 Å². The van der Waals surface area contributed by atoms with E-state index in [1.54, 1.807) is 19.1 Å². The summed E-state index contributed by atoms with van der Waals surface area (Å²) in [5.74, 6) is 0.315. The van der Waals surface area contributed by atoms with E-state index in [0.717, 1.165) is 19.5 Å². The van der Waals surface area contributed by atoms with Crippen molar-refractivity contribution in [2.45, 2.75) is 25.1 Å². The van der Waals surface area contributed by atoms with E-state index in [1.807, 2.05) is 4.90 Å². The van der Waals surface area contributed by atoms with Crippen LogP contribution in [0.4, 0.5) is 4.39 Å². The molecular formula is C14H17BrFNO. The van der Waals surface area contributed by atoms with Crippen LogP contribution in [-0.4, -0.2) is 28.7 Å². The molecule has 1 fully saturated rings. The lowest BCUT2D eigenvalue weighted by atomic mass is 9.98. The minimum Gasteiger partial charge on any atom is -0.338 e. The molecule has 1 saturated heterocycles. The van der Waals surface area contributed by atoms with Crippen molar-refractivity contribution in [3.8, 4) is 0 Å². The van der Waals surface area contributed by atoms with Crippen molar-refractivity contribution >= 4 is 21.8 Å². The van der Waals surface area contributed by atoms with Gasteiger partial charge < -0.3 is 4.90 Å². The number of nitrogens with zero attached hydrogens (tertiary/aromatic N) is 1.